The second-order valence-corrected chi connectivity index (χ2v) is 8.42. The number of carboxylic acids is 1. The predicted octanol–water partition coefficient (Wildman–Crippen LogP) is 4.00. The molecule has 1 amide bonds. The summed E-state index contributed by atoms with van der Waals surface area (Å²) in [5.41, 5.74) is 12.3. The van der Waals surface area contributed by atoms with E-state index in [0.717, 1.165) is 11.1 Å². The van der Waals surface area contributed by atoms with Crippen LogP contribution in [0.1, 0.15) is 46.2 Å². The normalized spacial score (nSPS) is 11.7. The molecule has 3 rings (SSSR count). The monoisotopic (exact) mass is 502 g/mol. The summed E-state index contributed by atoms with van der Waals surface area (Å²) in [6.45, 7) is 0.261. The van der Waals surface area contributed by atoms with Gasteiger partial charge < -0.3 is 26.3 Å². The lowest BCUT2D eigenvalue weighted by atomic mass is 9.89. The van der Waals surface area contributed by atoms with E-state index >= 15 is 0 Å². The molecule has 178 valence electrons. The summed E-state index contributed by atoms with van der Waals surface area (Å²) in [7, 11) is 0. The van der Waals surface area contributed by atoms with Crippen LogP contribution in [-0.4, -0.2) is 35.5 Å². The van der Waals surface area contributed by atoms with Gasteiger partial charge in [0.1, 0.15) is 11.8 Å². The number of carbonyl (C=O) groups is 2. The van der Waals surface area contributed by atoms with Gasteiger partial charge >= 0.3 is 5.97 Å². The van der Waals surface area contributed by atoms with Crippen LogP contribution in [0.2, 0.25) is 10.0 Å². The van der Waals surface area contributed by atoms with Crippen molar-refractivity contribution in [2.75, 3.05) is 6.54 Å². The average molecular weight is 503 g/mol. The Morgan fingerprint density at radius 3 is 2.00 bits per heavy atom. The molecule has 2 aromatic carbocycles. The Morgan fingerprint density at radius 1 is 0.941 bits per heavy atom. The lowest BCUT2D eigenvalue weighted by Crippen LogP contribution is -2.40. The van der Waals surface area contributed by atoms with Crippen molar-refractivity contribution in [3.8, 4) is 0 Å². The highest BCUT2D eigenvalue weighted by molar-refractivity contribution is 6.30. The number of amides is 1. The van der Waals surface area contributed by atoms with Crippen molar-refractivity contribution in [3.05, 3.63) is 93.4 Å². The van der Waals surface area contributed by atoms with Crippen LogP contribution >= 0.6 is 23.2 Å². The van der Waals surface area contributed by atoms with Gasteiger partial charge in [0.15, 0.2) is 11.7 Å². The number of nitrogens with zero attached hydrogens (tertiary/aromatic N) is 1. The van der Waals surface area contributed by atoms with E-state index in [9.17, 15) is 14.7 Å². The summed E-state index contributed by atoms with van der Waals surface area (Å²) in [6, 6.07) is 16.7. The van der Waals surface area contributed by atoms with Gasteiger partial charge in [-0.15, -0.1) is 0 Å². The maximum Gasteiger partial charge on any atom is 0.326 e. The standard InChI is InChI=1S/C24H24Cl2N4O4/c25-16-7-3-14(4-8-16)21(15-5-9-17(26)10-6-15)19-11-12-20(34-19)22(31)30-18(23(32)33)2-1-13-29-24(27)28/h3-12,18,21H,1-2,13H2,(H,30,31)(H,32,33)(H4,27,28,29)/t18-/m1/s1. The molecule has 0 spiro atoms. The second-order valence-electron chi connectivity index (χ2n) is 7.55. The van der Waals surface area contributed by atoms with E-state index in [1.165, 1.54) is 6.07 Å². The first-order valence-electron chi connectivity index (χ1n) is 10.4. The SMILES string of the molecule is NC(N)=NCCC[C@@H](NC(=O)c1ccc(C(c2ccc(Cl)cc2)c2ccc(Cl)cc2)o1)C(=O)O. The summed E-state index contributed by atoms with van der Waals surface area (Å²) in [4.78, 5) is 28.1. The van der Waals surface area contributed by atoms with Gasteiger partial charge in [0.05, 0.1) is 5.92 Å². The van der Waals surface area contributed by atoms with E-state index in [1.54, 1.807) is 30.3 Å². The summed E-state index contributed by atoms with van der Waals surface area (Å²) >= 11 is 12.1. The fourth-order valence-electron chi connectivity index (χ4n) is 3.45. The third-order valence-corrected chi connectivity index (χ3v) is 5.59. The fraction of sp³-hybridized carbons (Fsp3) is 0.208. The highest BCUT2D eigenvalue weighted by Gasteiger charge is 2.25. The van der Waals surface area contributed by atoms with Gasteiger partial charge in [0.2, 0.25) is 0 Å². The van der Waals surface area contributed by atoms with E-state index < -0.39 is 17.9 Å². The first-order valence-corrected chi connectivity index (χ1v) is 11.2. The number of halogens is 2. The van der Waals surface area contributed by atoms with Crippen molar-refractivity contribution in [1.29, 1.82) is 0 Å². The van der Waals surface area contributed by atoms with E-state index in [1.807, 2.05) is 24.3 Å². The number of hydrogen-bond acceptors (Lipinski definition) is 4. The zero-order valence-electron chi connectivity index (χ0n) is 18.1. The Morgan fingerprint density at radius 2 is 1.50 bits per heavy atom. The Kier molecular flexibility index (Phi) is 8.56. The van der Waals surface area contributed by atoms with Gasteiger partial charge in [0, 0.05) is 16.6 Å². The van der Waals surface area contributed by atoms with Crippen molar-refractivity contribution >= 4 is 41.0 Å². The van der Waals surface area contributed by atoms with Crippen LogP contribution in [0.3, 0.4) is 0 Å². The zero-order valence-corrected chi connectivity index (χ0v) is 19.6. The molecule has 0 aliphatic heterocycles. The third-order valence-electron chi connectivity index (χ3n) is 5.09. The molecule has 0 unspecified atom stereocenters. The first-order chi connectivity index (χ1) is 16.2. The number of nitrogens with two attached hydrogens (primary N) is 2. The zero-order chi connectivity index (χ0) is 24.7. The van der Waals surface area contributed by atoms with Crippen LogP contribution in [0.4, 0.5) is 0 Å². The number of hydrogen-bond donors (Lipinski definition) is 4. The number of nitrogens with one attached hydrogen (secondary N) is 1. The van der Waals surface area contributed by atoms with Crippen LogP contribution in [0.25, 0.3) is 0 Å². The second kappa shape index (κ2) is 11.6. The molecule has 0 fully saturated rings. The summed E-state index contributed by atoms with van der Waals surface area (Å²) < 4.78 is 5.89. The Bertz CT molecular complexity index is 1110. The van der Waals surface area contributed by atoms with Crippen LogP contribution in [0.5, 0.6) is 0 Å². The van der Waals surface area contributed by atoms with Gasteiger partial charge in [-0.3, -0.25) is 9.79 Å². The molecule has 6 N–H and O–H groups in total. The lowest BCUT2D eigenvalue weighted by molar-refractivity contribution is -0.139. The molecule has 3 aromatic rings. The van der Waals surface area contributed by atoms with Gasteiger partial charge in [-0.1, -0.05) is 47.5 Å². The lowest BCUT2D eigenvalue weighted by Gasteiger charge is -2.16. The van der Waals surface area contributed by atoms with Crippen molar-refractivity contribution in [1.82, 2.24) is 5.32 Å². The van der Waals surface area contributed by atoms with E-state index in [2.05, 4.69) is 10.3 Å². The molecule has 0 saturated heterocycles. The molecule has 10 heteroatoms. The Balaban J connectivity index is 1.81. The molecule has 34 heavy (non-hydrogen) atoms. The number of carboxylic acid groups (broad SMARTS) is 1. The Labute approximate surface area is 206 Å². The van der Waals surface area contributed by atoms with Crippen LogP contribution < -0.4 is 16.8 Å². The number of aliphatic carboxylic acids is 1. The smallest absolute Gasteiger partial charge is 0.326 e. The minimum Gasteiger partial charge on any atom is -0.480 e. The van der Waals surface area contributed by atoms with E-state index in [0.29, 0.717) is 22.2 Å². The number of benzene rings is 2. The molecule has 0 aliphatic carbocycles. The highest BCUT2D eigenvalue weighted by atomic mass is 35.5. The molecule has 8 nitrogen and oxygen atoms in total. The molecular formula is C24H24Cl2N4O4. The topological polar surface area (TPSA) is 144 Å². The minimum atomic E-state index is -1.16. The fourth-order valence-corrected chi connectivity index (χ4v) is 3.70. The molecule has 0 aliphatic rings. The van der Waals surface area contributed by atoms with Crippen molar-refractivity contribution in [2.45, 2.75) is 24.8 Å². The number of carbonyl (C=O) groups excluding carboxylic acids is 1. The molecule has 1 atom stereocenters. The quantitative estimate of drug-likeness (QED) is 0.187. The summed E-state index contributed by atoms with van der Waals surface area (Å²) in [5, 5.41) is 13.1. The van der Waals surface area contributed by atoms with E-state index in [4.69, 9.17) is 39.1 Å². The molecule has 0 saturated carbocycles. The van der Waals surface area contributed by atoms with Crippen LogP contribution in [0.15, 0.2) is 70.1 Å². The predicted molar refractivity (Wildman–Crippen MR) is 131 cm³/mol. The van der Waals surface area contributed by atoms with Gasteiger partial charge in [-0.25, -0.2) is 4.79 Å². The molecule has 0 radical (unpaired) electrons. The molecule has 1 aromatic heterocycles. The van der Waals surface area contributed by atoms with Crippen LogP contribution in [0, 0.1) is 0 Å². The number of furan rings is 1. The Hall–Kier alpha value is -3.49. The number of rotatable bonds is 10. The molecule has 0 bridgehead atoms. The average Bonchev–Trinajstić information content (AvgIpc) is 3.28. The van der Waals surface area contributed by atoms with Crippen molar-refractivity contribution in [3.63, 3.8) is 0 Å². The van der Waals surface area contributed by atoms with Crippen molar-refractivity contribution < 1.29 is 19.1 Å². The molecule has 1 heterocycles. The molecular weight excluding hydrogens is 479 g/mol. The summed E-state index contributed by atoms with van der Waals surface area (Å²) in [5.74, 6) is -1.69. The van der Waals surface area contributed by atoms with Crippen molar-refractivity contribution in [2.24, 2.45) is 16.5 Å². The maximum atomic E-state index is 12.7. The first kappa shape index (κ1) is 25.1. The number of aliphatic imine (C=N–C) groups is 1. The largest absolute Gasteiger partial charge is 0.480 e. The highest BCUT2D eigenvalue weighted by Crippen LogP contribution is 2.34. The third kappa shape index (κ3) is 6.76. The maximum absolute atomic E-state index is 12.7. The van der Waals surface area contributed by atoms with Gasteiger partial charge in [-0.2, -0.15) is 0 Å². The minimum absolute atomic E-state index is 0.00148. The van der Waals surface area contributed by atoms with Gasteiger partial charge in [0.25, 0.3) is 5.91 Å². The summed E-state index contributed by atoms with van der Waals surface area (Å²) in [6.07, 6.45) is 0.539. The van der Waals surface area contributed by atoms with Crippen LogP contribution in [-0.2, 0) is 4.79 Å². The number of guanidine groups is 1. The van der Waals surface area contributed by atoms with Gasteiger partial charge in [-0.05, 0) is 60.4 Å². The van der Waals surface area contributed by atoms with E-state index in [-0.39, 0.29) is 30.6 Å².